The molecule has 9 nitrogen and oxygen atoms in total. The van der Waals surface area contributed by atoms with E-state index in [1.54, 1.807) is 39.3 Å². The number of aryl methyl sites for hydroxylation is 1. The van der Waals surface area contributed by atoms with Gasteiger partial charge in [0.15, 0.2) is 11.5 Å². The molecule has 2 aromatic carbocycles. The van der Waals surface area contributed by atoms with Crippen LogP contribution in [0.1, 0.15) is 29.3 Å². The Morgan fingerprint density at radius 3 is 2.34 bits per heavy atom. The van der Waals surface area contributed by atoms with E-state index in [0.29, 0.717) is 56.1 Å². The van der Waals surface area contributed by atoms with E-state index in [9.17, 15) is 14.4 Å². The summed E-state index contributed by atoms with van der Waals surface area (Å²) in [6, 6.07) is 11.2. The van der Waals surface area contributed by atoms with Crippen molar-refractivity contribution in [1.29, 1.82) is 0 Å². The lowest BCUT2D eigenvalue weighted by Crippen LogP contribution is -2.49. The van der Waals surface area contributed by atoms with E-state index in [1.807, 2.05) is 17.0 Å². The van der Waals surface area contributed by atoms with Gasteiger partial charge in [0.2, 0.25) is 5.91 Å². The van der Waals surface area contributed by atoms with Gasteiger partial charge in [0.1, 0.15) is 6.54 Å². The first-order valence-corrected chi connectivity index (χ1v) is 11.8. The first kappa shape index (κ1) is 24.4. The highest BCUT2D eigenvalue weighted by atomic mass is 16.5. The molecule has 0 unspecified atom stereocenters. The van der Waals surface area contributed by atoms with Gasteiger partial charge < -0.3 is 28.9 Å². The number of hydrogen-bond acceptors (Lipinski definition) is 7. The van der Waals surface area contributed by atoms with Crippen molar-refractivity contribution >= 4 is 29.2 Å². The molecule has 2 aliphatic rings. The molecule has 0 N–H and O–H groups in total. The zero-order valence-corrected chi connectivity index (χ0v) is 20.4. The number of fused-ring (bicyclic) bond motifs is 1. The number of amides is 2. The Morgan fingerprint density at radius 2 is 1.66 bits per heavy atom. The molecule has 0 aromatic heterocycles. The van der Waals surface area contributed by atoms with Crippen LogP contribution in [0.2, 0.25) is 0 Å². The SMILES string of the molecule is CCOC(=O)CN1C(=O)CCc2cc(N3CCN(C(=O)c4ccc(OC)c(OC)c4)CC3)ccc21. The Kier molecular flexibility index (Phi) is 7.43. The Hall–Kier alpha value is -3.75. The maximum Gasteiger partial charge on any atom is 0.326 e. The molecule has 2 aromatic rings. The third-order valence-corrected chi connectivity index (χ3v) is 6.42. The van der Waals surface area contributed by atoms with Crippen molar-refractivity contribution in [3.8, 4) is 11.5 Å². The maximum atomic E-state index is 13.0. The highest BCUT2D eigenvalue weighted by Crippen LogP contribution is 2.32. The standard InChI is InChI=1S/C26H31N3O6/c1-4-35-25(31)17-29-21-8-7-20(15-18(21)6-10-24(29)30)27-11-13-28(14-12-27)26(32)19-5-9-22(33-2)23(16-19)34-3/h5,7-9,15-16H,4,6,10-14,17H2,1-3H3. The number of hydrogen-bond donors (Lipinski definition) is 0. The highest BCUT2D eigenvalue weighted by molar-refractivity contribution is 6.00. The number of rotatable bonds is 7. The molecule has 0 bridgehead atoms. The molecular weight excluding hydrogens is 450 g/mol. The van der Waals surface area contributed by atoms with E-state index in [2.05, 4.69) is 11.0 Å². The maximum absolute atomic E-state index is 13.0. The number of nitrogens with zero attached hydrogens (tertiary/aromatic N) is 3. The Labute approximate surface area is 205 Å². The van der Waals surface area contributed by atoms with E-state index in [1.165, 1.54) is 4.90 Å². The summed E-state index contributed by atoms with van der Waals surface area (Å²) in [5.41, 5.74) is 3.42. The van der Waals surface area contributed by atoms with Gasteiger partial charge in [0.05, 0.1) is 20.8 Å². The number of carbonyl (C=O) groups excluding carboxylic acids is 3. The van der Waals surface area contributed by atoms with Crippen molar-refractivity contribution in [3.63, 3.8) is 0 Å². The summed E-state index contributed by atoms with van der Waals surface area (Å²) in [6.45, 7) is 4.54. The summed E-state index contributed by atoms with van der Waals surface area (Å²) in [6.07, 6.45) is 1.00. The summed E-state index contributed by atoms with van der Waals surface area (Å²) in [5, 5.41) is 0. The lowest BCUT2D eigenvalue weighted by atomic mass is 10.00. The van der Waals surface area contributed by atoms with Crippen LogP contribution in [0, 0.1) is 0 Å². The molecule has 2 heterocycles. The fourth-order valence-corrected chi connectivity index (χ4v) is 4.57. The summed E-state index contributed by atoms with van der Waals surface area (Å²) in [5.74, 6) is 0.600. The molecule has 35 heavy (non-hydrogen) atoms. The van der Waals surface area contributed by atoms with Crippen molar-refractivity contribution in [3.05, 3.63) is 47.5 Å². The van der Waals surface area contributed by atoms with Gasteiger partial charge in [-0.25, -0.2) is 0 Å². The predicted molar refractivity (Wildman–Crippen MR) is 131 cm³/mol. The van der Waals surface area contributed by atoms with Crippen LogP contribution in [0.15, 0.2) is 36.4 Å². The minimum absolute atomic E-state index is 0.0378. The molecule has 0 radical (unpaired) electrons. The highest BCUT2D eigenvalue weighted by Gasteiger charge is 2.28. The molecule has 0 saturated carbocycles. The Morgan fingerprint density at radius 1 is 0.914 bits per heavy atom. The van der Waals surface area contributed by atoms with Gasteiger partial charge >= 0.3 is 5.97 Å². The van der Waals surface area contributed by atoms with E-state index >= 15 is 0 Å². The number of carbonyl (C=O) groups is 3. The van der Waals surface area contributed by atoms with E-state index in [4.69, 9.17) is 14.2 Å². The second-order valence-electron chi connectivity index (χ2n) is 8.45. The third-order valence-electron chi connectivity index (χ3n) is 6.42. The predicted octanol–water partition coefficient (Wildman–Crippen LogP) is 2.51. The lowest BCUT2D eigenvalue weighted by molar-refractivity contribution is -0.142. The van der Waals surface area contributed by atoms with Crippen LogP contribution in [0.4, 0.5) is 11.4 Å². The number of methoxy groups -OCH3 is 2. The zero-order valence-electron chi connectivity index (χ0n) is 20.4. The smallest absolute Gasteiger partial charge is 0.326 e. The molecule has 0 aliphatic carbocycles. The quantitative estimate of drug-likeness (QED) is 0.562. The van der Waals surface area contributed by atoms with Crippen LogP contribution >= 0.6 is 0 Å². The molecule has 2 amide bonds. The van der Waals surface area contributed by atoms with Crippen molar-refractivity contribution < 1.29 is 28.6 Å². The molecule has 186 valence electrons. The van der Waals surface area contributed by atoms with Gasteiger partial charge in [-0.15, -0.1) is 0 Å². The van der Waals surface area contributed by atoms with Gasteiger partial charge in [0, 0.05) is 49.5 Å². The van der Waals surface area contributed by atoms with Crippen molar-refractivity contribution in [2.45, 2.75) is 19.8 Å². The molecule has 1 fully saturated rings. The summed E-state index contributed by atoms with van der Waals surface area (Å²) in [7, 11) is 3.12. The Balaban J connectivity index is 1.42. The molecular formula is C26H31N3O6. The van der Waals surface area contributed by atoms with Crippen LogP contribution in [0.3, 0.4) is 0 Å². The Bertz CT molecular complexity index is 1110. The molecule has 4 rings (SSSR count). The topological polar surface area (TPSA) is 88.6 Å². The number of benzene rings is 2. The average Bonchev–Trinajstić information content (AvgIpc) is 2.89. The van der Waals surface area contributed by atoms with E-state index in [-0.39, 0.29) is 25.0 Å². The first-order chi connectivity index (χ1) is 16.9. The summed E-state index contributed by atoms with van der Waals surface area (Å²) >= 11 is 0. The lowest BCUT2D eigenvalue weighted by Gasteiger charge is -2.37. The second kappa shape index (κ2) is 10.7. The van der Waals surface area contributed by atoms with Gasteiger partial charge in [-0.1, -0.05) is 0 Å². The van der Waals surface area contributed by atoms with Crippen LogP contribution in [0.5, 0.6) is 11.5 Å². The van der Waals surface area contributed by atoms with Crippen molar-refractivity contribution in [1.82, 2.24) is 4.90 Å². The second-order valence-corrected chi connectivity index (χ2v) is 8.45. The zero-order chi connectivity index (χ0) is 24.9. The third kappa shape index (κ3) is 5.18. The first-order valence-electron chi connectivity index (χ1n) is 11.8. The van der Waals surface area contributed by atoms with Crippen LogP contribution in [-0.4, -0.2) is 76.2 Å². The normalized spacial score (nSPS) is 15.5. The van der Waals surface area contributed by atoms with Gasteiger partial charge in [0.25, 0.3) is 5.91 Å². The van der Waals surface area contributed by atoms with Crippen LogP contribution in [-0.2, 0) is 20.7 Å². The molecule has 9 heteroatoms. The van der Waals surface area contributed by atoms with Crippen LogP contribution in [0.25, 0.3) is 0 Å². The minimum atomic E-state index is -0.409. The average molecular weight is 482 g/mol. The molecule has 1 saturated heterocycles. The van der Waals surface area contributed by atoms with Crippen molar-refractivity contribution in [2.75, 3.05) is 63.4 Å². The molecule has 0 spiro atoms. The fourth-order valence-electron chi connectivity index (χ4n) is 4.57. The number of ether oxygens (including phenoxy) is 3. The van der Waals surface area contributed by atoms with E-state index in [0.717, 1.165) is 16.9 Å². The fraction of sp³-hybridized carbons (Fsp3) is 0.423. The van der Waals surface area contributed by atoms with Gasteiger partial charge in [-0.2, -0.15) is 0 Å². The summed E-state index contributed by atoms with van der Waals surface area (Å²) < 4.78 is 15.6. The van der Waals surface area contributed by atoms with E-state index < -0.39 is 5.97 Å². The minimum Gasteiger partial charge on any atom is -0.493 e. The molecule has 2 aliphatic heterocycles. The summed E-state index contributed by atoms with van der Waals surface area (Å²) in [4.78, 5) is 43.0. The monoisotopic (exact) mass is 481 g/mol. The number of anilines is 2. The van der Waals surface area contributed by atoms with Gasteiger partial charge in [-0.3, -0.25) is 14.4 Å². The van der Waals surface area contributed by atoms with Gasteiger partial charge in [-0.05, 0) is 55.3 Å². The largest absolute Gasteiger partial charge is 0.493 e. The number of esters is 1. The number of piperazine rings is 1. The molecule has 0 atom stereocenters. The van der Waals surface area contributed by atoms with Crippen LogP contribution < -0.4 is 19.3 Å². The van der Waals surface area contributed by atoms with Crippen molar-refractivity contribution in [2.24, 2.45) is 0 Å².